The summed E-state index contributed by atoms with van der Waals surface area (Å²) in [6, 6.07) is 8.58. The van der Waals surface area contributed by atoms with Gasteiger partial charge in [-0.05, 0) is 24.6 Å². The second kappa shape index (κ2) is 6.41. The lowest BCUT2D eigenvalue weighted by Crippen LogP contribution is -2.21. The molecule has 0 aliphatic heterocycles. The Morgan fingerprint density at radius 1 is 1.17 bits per heavy atom. The molecule has 24 heavy (non-hydrogen) atoms. The molecule has 0 bridgehead atoms. The number of aryl methyl sites for hydroxylation is 1. The molecular formula is C17H16ClN3O3. The van der Waals surface area contributed by atoms with Crippen molar-refractivity contribution < 1.29 is 14.3 Å². The SMILES string of the molecule is COc1cc(OC)c(NC(=O)n2ncc3ccc(C)cc32)cc1Cl. The summed E-state index contributed by atoms with van der Waals surface area (Å²) in [5.74, 6) is 0.906. The zero-order valence-electron chi connectivity index (χ0n) is 13.5. The number of fused-ring (bicyclic) bond motifs is 1. The Balaban J connectivity index is 1.97. The van der Waals surface area contributed by atoms with Crippen molar-refractivity contribution in [1.29, 1.82) is 0 Å². The molecule has 3 aromatic rings. The van der Waals surface area contributed by atoms with Gasteiger partial charge in [0.25, 0.3) is 0 Å². The molecule has 124 valence electrons. The molecular weight excluding hydrogens is 330 g/mol. The van der Waals surface area contributed by atoms with Gasteiger partial charge in [-0.2, -0.15) is 9.78 Å². The van der Waals surface area contributed by atoms with Crippen LogP contribution in [0.3, 0.4) is 0 Å². The third-order valence-corrected chi connectivity index (χ3v) is 3.93. The van der Waals surface area contributed by atoms with Gasteiger partial charge in [0.05, 0.1) is 36.6 Å². The number of ether oxygens (including phenoxy) is 2. The quantitative estimate of drug-likeness (QED) is 0.776. The first-order valence-corrected chi connectivity index (χ1v) is 7.58. The van der Waals surface area contributed by atoms with Crippen LogP contribution in [0.4, 0.5) is 10.5 Å². The highest BCUT2D eigenvalue weighted by Crippen LogP contribution is 2.36. The zero-order chi connectivity index (χ0) is 17.3. The van der Waals surface area contributed by atoms with E-state index in [9.17, 15) is 4.79 Å². The summed E-state index contributed by atoms with van der Waals surface area (Å²) < 4.78 is 11.7. The lowest BCUT2D eigenvalue weighted by molar-refractivity contribution is 0.251. The summed E-state index contributed by atoms with van der Waals surface area (Å²) in [6.45, 7) is 1.96. The van der Waals surface area contributed by atoms with Crippen LogP contribution in [0.1, 0.15) is 5.56 Å². The third kappa shape index (κ3) is 2.88. The molecule has 0 fully saturated rings. The molecule has 1 amide bonds. The van der Waals surface area contributed by atoms with Gasteiger partial charge in [0.1, 0.15) is 11.5 Å². The second-order valence-corrected chi connectivity index (χ2v) is 5.64. The van der Waals surface area contributed by atoms with Crippen LogP contribution in [-0.4, -0.2) is 30.0 Å². The Hall–Kier alpha value is -2.73. The van der Waals surface area contributed by atoms with Gasteiger partial charge in [0.2, 0.25) is 0 Å². The van der Waals surface area contributed by atoms with Crippen LogP contribution in [0.15, 0.2) is 36.5 Å². The largest absolute Gasteiger partial charge is 0.495 e. The van der Waals surface area contributed by atoms with Crippen LogP contribution >= 0.6 is 11.6 Å². The van der Waals surface area contributed by atoms with Crippen LogP contribution in [0.2, 0.25) is 5.02 Å². The van der Waals surface area contributed by atoms with E-state index >= 15 is 0 Å². The lowest BCUT2D eigenvalue weighted by Gasteiger charge is -2.13. The maximum atomic E-state index is 12.6. The van der Waals surface area contributed by atoms with E-state index in [4.69, 9.17) is 21.1 Å². The first-order valence-electron chi connectivity index (χ1n) is 7.20. The van der Waals surface area contributed by atoms with E-state index in [0.29, 0.717) is 22.2 Å². The standard InChI is InChI=1S/C17H16ClN3O3/c1-10-4-5-11-9-19-21(14(11)6-10)17(22)20-13-7-12(18)15(23-2)8-16(13)24-3/h4-9H,1-3H3,(H,20,22). The predicted molar refractivity (Wildman–Crippen MR) is 93.4 cm³/mol. The highest BCUT2D eigenvalue weighted by atomic mass is 35.5. The Labute approximate surface area is 143 Å². The highest BCUT2D eigenvalue weighted by molar-refractivity contribution is 6.32. The molecule has 3 rings (SSSR count). The molecule has 7 heteroatoms. The summed E-state index contributed by atoms with van der Waals surface area (Å²) in [4.78, 5) is 12.6. The van der Waals surface area contributed by atoms with Gasteiger partial charge in [0, 0.05) is 11.5 Å². The van der Waals surface area contributed by atoms with Crippen molar-refractivity contribution in [2.75, 3.05) is 19.5 Å². The Bertz CT molecular complexity index is 921. The van der Waals surface area contributed by atoms with Crippen LogP contribution in [0, 0.1) is 6.92 Å². The molecule has 1 heterocycles. The molecule has 1 N–H and O–H groups in total. The van der Waals surface area contributed by atoms with Gasteiger partial charge in [0.15, 0.2) is 0 Å². The number of benzene rings is 2. The summed E-state index contributed by atoms with van der Waals surface area (Å²) >= 11 is 6.13. The molecule has 2 aromatic carbocycles. The van der Waals surface area contributed by atoms with Crippen molar-refractivity contribution in [3.63, 3.8) is 0 Å². The van der Waals surface area contributed by atoms with Crippen molar-refractivity contribution in [1.82, 2.24) is 9.78 Å². The Kier molecular flexibility index (Phi) is 4.31. The molecule has 0 unspecified atom stereocenters. The maximum absolute atomic E-state index is 12.6. The van der Waals surface area contributed by atoms with Gasteiger partial charge in [-0.15, -0.1) is 0 Å². The van der Waals surface area contributed by atoms with E-state index in [2.05, 4.69) is 10.4 Å². The van der Waals surface area contributed by atoms with Crippen LogP contribution in [0.5, 0.6) is 11.5 Å². The van der Waals surface area contributed by atoms with Gasteiger partial charge >= 0.3 is 6.03 Å². The summed E-state index contributed by atoms with van der Waals surface area (Å²) in [7, 11) is 3.02. The second-order valence-electron chi connectivity index (χ2n) is 5.24. The topological polar surface area (TPSA) is 65.4 Å². The van der Waals surface area contributed by atoms with Crippen LogP contribution in [0.25, 0.3) is 10.9 Å². The molecule has 0 aliphatic carbocycles. The molecule has 0 saturated heterocycles. The van der Waals surface area contributed by atoms with Crippen LogP contribution < -0.4 is 14.8 Å². The first kappa shape index (κ1) is 16.1. The van der Waals surface area contributed by atoms with Crippen molar-refractivity contribution in [3.05, 3.63) is 47.1 Å². The molecule has 0 saturated carbocycles. The van der Waals surface area contributed by atoms with Crippen molar-refractivity contribution >= 4 is 34.2 Å². The van der Waals surface area contributed by atoms with E-state index in [1.54, 1.807) is 18.3 Å². The number of nitrogens with zero attached hydrogens (tertiary/aromatic N) is 2. The smallest absolute Gasteiger partial charge is 0.347 e. The van der Waals surface area contributed by atoms with Gasteiger partial charge < -0.3 is 14.8 Å². The number of anilines is 1. The molecule has 0 atom stereocenters. The molecule has 1 aromatic heterocycles. The highest BCUT2D eigenvalue weighted by Gasteiger charge is 2.15. The maximum Gasteiger partial charge on any atom is 0.347 e. The number of aromatic nitrogens is 2. The van der Waals surface area contributed by atoms with Gasteiger partial charge in [-0.1, -0.05) is 23.7 Å². The minimum absolute atomic E-state index is 0.370. The van der Waals surface area contributed by atoms with Crippen molar-refractivity contribution in [2.45, 2.75) is 6.92 Å². The minimum Gasteiger partial charge on any atom is -0.495 e. The number of halogens is 1. The summed E-state index contributed by atoms with van der Waals surface area (Å²) in [5, 5.41) is 8.17. The third-order valence-electron chi connectivity index (χ3n) is 3.63. The number of carbonyl (C=O) groups is 1. The van der Waals surface area contributed by atoms with E-state index in [-0.39, 0.29) is 0 Å². The number of rotatable bonds is 3. The molecule has 0 spiro atoms. The lowest BCUT2D eigenvalue weighted by atomic mass is 10.2. The molecule has 6 nitrogen and oxygen atoms in total. The number of hydrogen-bond acceptors (Lipinski definition) is 4. The van der Waals surface area contributed by atoms with Crippen molar-refractivity contribution in [3.8, 4) is 11.5 Å². The monoisotopic (exact) mass is 345 g/mol. The normalized spacial score (nSPS) is 10.7. The summed E-state index contributed by atoms with van der Waals surface area (Å²) in [6.07, 6.45) is 1.65. The number of carbonyl (C=O) groups excluding carboxylic acids is 1. The predicted octanol–water partition coefficient (Wildman–Crippen LogP) is 4.10. The molecule has 0 aliphatic rings. The van der Waals surface area contributed by atoms with E-state index < -0.39 is 6.03 Å². The number of hydrogen-bond donors (Lipinski definition) is 1. The summed E-state index contributed by atoms with van der Waals surface area (Å²) in [5.41, 5.74) is 2.21. The minimum atomic E-state index is -0.407. The zero-order valence-corrected chi connectivity index (χ0v) is 14.2. The van der Waals surface area contributed by atoms with Gasteiger partial charge in [-0.3, -0.25) is 0 Å². The average Bonchev–Trinajstić information content (AvgIpc) is 2.98. The molecule has 0 radical (unpaired) electrons. The average molecular weight is 346 g/mol. The number of amides is 1. The fourth-order valence-corrected chi connectivity index (χ4v) is 2.66. The van der Waals surface area contributed by atoms with E-state index in [1.807, 2.05) is 25.1 Å². The van der Waals surface area contributed by atoms with E-state index in [0.717, 1.165) is 16.5 Å². The number of nitrogens with one attached hydrogen (secondary N) is 1. The van der Waals surface area contributed by atoms with Crippen LogP contribution in [-0.2, 0) is 0 Å². The van der Waals surface area contributed by atoms with Gasteiger partial charge in [-0.25, -0.2) is 4.79 Å². The van der Waals surface area contributed by atoms with E-state index in [1.165, 1.54) is 18.9 Å². The first-order chi connectivity index (χ1) is 11.5. The fourth-order valence-electron chi connectivity index (χ4n) is 2.42. The fraction of sp³-hybridized carbons (Fsp3) is 0.176. The number of methoxy groups -OCH3 is 2. The van der Waals surface area contributed by atoms with Crippen molar-refractivity contribution in [2.24, 2.45) is 0 Å². The Morgan fingerprint density at radius 3 is 2.62 bits per heavy atom. The Morgan fingerprint density at radius 2 is 1.92 bits per heavy atom.